The van der Waals surface area contributed by atoms with Crippen LogP contribution in [0.15, 0.2) is 23.1 Å². The summed E-state index contributed by atoms with van der Waals surface area (Å²) in [6, 6.07) is 6.21. The fraction of sp³-hybridized carbons (Fsp3) is 0.300. The minimum Gasteiger partial charge on any atom is -0.300 e. The highest BCUT2D eigenvalue weighted by atomic mass is 127. The van der Waals surface area contributed by atoms with Crippen molar-refractivity contribution >= 4 is 40.1 Å². The maximum atomic E-state index is 10.9. The number of hydrogen-bond donors (Lipinski definition) is 0. The lowest BCUT2D eigenvalue weighted by atomic mass is 10.1. The number of carbonyl (C=O) groups is 1. The molecule has 0 atom stereocenters. The monoisotopic (exact) mass is 306 g/mol. The molecule has 0 aliphatic rings. The van der Waals surface area contributed by atoms with Gasteiger partial charge in [-0.15, -0.1) is 11.8 Å². The van der Waals surface area contributed by atoms with Crippen LogP contribution in [0.25, 0.3) is 0 Å². The van der Waals surface area contributed by atoms with Crippen LogP contribution in [0.4, 0.5) is 0 Å². The van der Waals surface area contributed by atoms with Gasteiger partial charge in [-0.05, 0) is 53.5 Å². The van der Waals surface area contributed by atoms with Crippen molar-refractivity contribution in [3.05, 3.63) is 27.3 Å². The van der Waals surface area contributed by atoms with Crippen molar-refractivity contribution in [3.8, 4) is 0 Å². The average Bonchev–Trinajstić information content (AvgIpc) is 2.08. The fourth-order valence-electron chi connectivity index (χ4n) is 1.07. The highest BCUT2D eigenvalue weighted by molar-refractivity contribution is 14.1. The van der Waals surface area contributed by atoms with E-state index in [1.165, 1.54) is 8.47 Å². The second-order valence-corrected chi connectivity index (χ2v) is 4.88. The molecule has 0 saturated heterocycles. The first-order valence-electron chi connectivity index (χ1n) is 3.95. The molecule has 1 rings (SSSR count). The van der Waals surface area contributed by atoms with Crippen LogP contribution in [0.2, 0.25) is 0 Å². The topological polar surface area (TPSA) is 17.1 Å². The molecule has 0 aliphatic heterocycles. The van der Waals surface area contributed by atoms with E-state index < -0.39 is 0 Å². The Labute approximate surface area is 96.4 Å². The summed E-state index contributed by atoms with van der Waals surface area (Å²) < 4.78 is 1.18. The Bertz CT molecular complexity index is 323. The van der Waals surface area contributed by atoms with Crippen molar-refractivity contribution in [2.75, 3.05) is 6.26 Å². The van der Waals surface area contributed by atoms with E-state index in [2.05, 4.69) is 41.0 Å². The molecule has 1 nitrogen and oxygen atoms in total. The van der Waals surface area contributed by atoms with Crippen molar-refractivity contribution in [2.24, 2.45) is 0 Å². The standard InChI is InChI=1S/C10H11IOS/c1-7(12)5-8-3-4-9(13-2)6-10(8)11/h3-4,6H,5H2,1-2H3. The molecule has 0 fully saturated rings. The number of thioether (sulfide) groups is 1. The third-order valence-electron chi connectivity index (χ3n) is 1.70. The second kappa shape index (κ2) is 5.00. The van der Waals surface area contributed by atoms with Gasteiger partial charge in [-0.25, -0.2) is 0 Å². The summed E-state index contributed by atoms with van der Waals surface area (Å²) in [5.74, 6) is 0.217. The molecule has 0 radical (unpaired) electrons. The van der Waals surface area contributed by atoms with Crippen LogP contribution in [0.3, 0.4) is 0 Å². The summed E-state index contributed by atoms with van der Waals surface area (Å²) in [6.45, 7) is 1.62. The molecule has 0 amide bonds. The van der Waals surface area contributed by atoms with Crippen LogP contribution in [-0.4, -0.2) is 12.0 Å². The lowest BCUT2D eigenvalue weighted by Crippen LogP contribution is -1.98. The van der Waals surface area contributed by atoms with Gasteiger partial charge < -0.3 is 0 Å². The number of rotatable bonds is 3. The summed E-state index contributed by atoms with van der Waals surface area (Å²) in [4.78, 5) is 12.2. The lowest BCUT2D eigenvalue weighted by Gasteiger charge is -2.03. The zero-order valence-electron chi connectivity index (χ0n) is 7.63. The molecule has 0 unspecified atom stereocenters. The average molecular weight is 306 g/mol. The lowest BCUT2D eigenvalue weighted by molar-refractivity contribution is -0.116. The summed E-state index contributed by atoms with van der Waals surface area (Å²) in [5, 5.41) is 0. The smallest absolute Gasteiger partial charge is 0.134 e. The molecule has 0 aromatic heterocycles. The van der Waals surface area contributed by atoms with Gasteiger partial charge in [0.25, 0.3) is 0 Å². The second-order valence-electron chi connectivity index (χ2n) is 2.84. The van der Waals surface area contributed by atoms with Gasteiger partial charge in [0.15, 0.2) is 0 Å². The van der Waals surface area contributed by atoms with Crippen LogP contribution in [0.5, 0.6) is 0 Å². The Morgan fingerprint density at radius 2 is 2.23 bits per heavy atom. The van der Waals surface area contributed by atoms with E-state index in [4.69, 9.17) is 0 Å². The third-order valence-corrected chi connectivity index (χ3v) is 3.43. The van der Waals surface area contributed by atoms with E-state index in [1.807, 2.05) is 6.07 Å². The largest absolute Gasteiger partial charge is 0.300 e. The summed E-state index contributed by atoms with van der Waals surface area (Å²) in [7, 11) is 0. The maximum Gasteiger partial charge on any atom is 0.134 e. The van der Waals surface area contributed by atoms with E-state index >= 15 is 0 Å². The van der Waals surface area contributed by atoms with E-state index in [-0.39, 0.29) is 5.78 Å². The Kier molecular flexibility index (Phi) is 4.25. The van der Waals surface area contributed by atoms with Crippen LogP contribution in [0, 0.1) is 3.57 Å². The van der Waals surface area contributed by atoms with Crippen molar-refractivity contribution in [3.63, 3.8) is 0 Å². The molecule has 0 bridgehead atoms. The molecule has 0 heterocycles. The highest BCUT2D eigenvalue weighted by Gasteiger charge is 2.03. The van der Waals surface area contributed by atoms with Gasteiger partial charge in [0.1, 0.15) is 5.78 Å². The molecule has 1 aromatic rings. The number of benzene rings is 1. The quantitative estimate of drug-likeness (QED) is 0.630. The molecule has 0 aliphatic carbocycles. The summed E-state index contributed by atoms with van der Waals surface area (Å²) in [6.07, 6.45) is 2.60. The SMILES string of the molecule is CSc1ccc(CC(C)=O)c(I)c1. The van der Waals surface area contributed by atoms with Gasteiger partial charge in [-0.1, -0.05) is 6.07 Å². The van der Waals surface area contributed by atoms with E-state index in [1.54, 1.807) is 18.7 Å². The molecule has 3 heteroatoms. The Morgan fingerprint density at radius 1 is 1.54 bits per heavy atom. The molecule has 0 N–H and O–H groups in total. The van der Waals surface area contributed by atoms with Crippen LogP contribution >= 0.6 is 34.4 Å². The first-order valence-corrected chi connectivity index (χ1v) is 6.25. The number of Topliss-reactive ketones (excluding diaryl/α,β-unsaturated/α-hetero) is 1. The minimum absolute atomic E-state index is 0.217. The molecule has 0 spiro atoms. The van der Waals surface area contributed by atoms with E-state index in [9.17, 15) is 4.79 Å². The molecule has 70 valence electrons. The molecular formula is C10H11IOS. The number of halogens is 1. The number of ketones is 1. The van der Waals surface area contributed by atoms with Gasteiger partial charge in [0, 0.05) is 14.9 Å². The molecular weight excluding hydrogens is 295 g/mol. The third kappa shape index (κ3) is 3.31. The van der Waals surface area contributed by atoms with Gasteiger partial charge in [-0.2, -0.15) is 0 Å². The van der Waals surface area contributed by atoms with Crippen molar-refractivity contribution in [2.45, 2.75) is 18.2 Å². The molecule has 1 aromatic carbocycles. The van der Waals surface area contributed by atoms with Gasteiger partial charge >= 0.3 is 0 Å². The van der Waals surface area contributed by atoms with Crippen LogP contribution in [0.1, 0.15) is 12.5 Å². The van der Waals surface area contributed by atoms with Crippen molar-refractivity contribution in [1.29, 1.82) is 0 Å². The first kappa shape index (κ1) is 11.0. The molecule has 0 saturated carbocycles. The predicted molar refractivity (Wildman–Crippen MR) is 65.3 cm³/mol. The summed E-state index contributed by atoms with van der Waals surface area (Å²) in [5.41, 5.74) is 1.13. The number of carbonyl (C=O) groups excluding carboxylic acids is 1. The van der Waals surface area contributed by atoms with Crippen molar-refractivity contribution in [1.82, 2.24) is 0 Å². The zero-order chi connectivity index (χ0) is 9.84. The van der Waals surface area contributed by atoms with E-state index in [0.29, 0.717) is 6.42 Å². The zero-order valence-corrected chi connectivity index (χ0v) is 10.6. The minimum atomic E-state index is 0.217. The molecule has 13 heavy (non-hydrogen) atoms. The normalized spacial score (nSPS) is 10.1. The Morgan fingerprint density at radius 3 is 2.69 bits per heavy atom. The fourth-order valence-corrected chi connectivity index (χ4v) is 2.42. The first-order chi connectivity index (χ1) is 6.13. The Hall–Kier alpha value is -0.0300. The Balaban J connectivity index is 2.91. The maximum absolute atomic E-state index is 10.9. The van der Waals surface area contributed by atoms with Crippen molar-refractivity contribution < 1.29 is 4.79 Å². The van der Waals surface area contributed by atoms with E-state index in [0.717, 1.165) is 5.56 Å². The number of hydrogen-bond acceptors (Lipinski definition) is 2. The highest BCUT2D eigenvalue weighted by Crippen LogP contribution is 2.21. The predicted octanol–water partition coefficient (Wildman–Crippen LogP) is 3.14. The van der Waals surface area contributed by atoms with Gasteiger partial charge in [0.05, 0.1) is 0 Å². The summed E-state index contributed by atoms with van der Waals surface area (Å²) >= 11 is 4.00. The van der Waals surface area contributed by atoms with Crippen LogP contribution < -0.4 is 0 Å². The van der Waals surface area contributed by atoms with Gasteiger partial charge in [0.2, 0.25) is 0 Å². The van der Waals surface area contributed by atoms with Gasteiger partial charge in [-0.3, -0.25) is 4.79 Å². The van der Waals surface area contributed by atoms with Crippen LogP contribution in [-0.2, 0) is 11.2 Å².